The first kappa shape index (κ1) is 7.78. The first-order valence-corrected chi connectivity index (χ1v) is 3.03. The summed E-state index contributed by atoms with van der Waals surface area (Å²) in [6.45, 7) is 1.44. The lowest BCUT2D eigenvalue weighted by atomic mass is 10.1. The van der Waals surface area contributed by atoms with Crippen molar-refractivity contribution in [3.8, 4) is 0 Å². The number of hydrogen-bond donors (Lipinski definition) is 2. The molecule has 0 aliphatic heterocycles. The van der Waals surface area contributed by atoms with E-state index in [1.165, 1.54) is 6.92 Å². The SMILES string of the molecule is Cc1c(N)cc(F)c(N)c1F. The molecule has 0 bridgehead atoms. The number of nitrogens with two attached hydrogens (primary N) is 2. The van der Waals surface area contributed by atoms with Gasteiger partial charge in [0, 0.05) is 11.3 Å². The second-order valence-electron chi connectivity index (χ2n) is 2.30. The molecule has 0 spiro atoms. The van der Waals surface area contributed by atoms with Crippen LogP contribution in [-0.4, -0.2) is 0 Å². The van der Waals surface area contributed by atoms with Crippen LogP contribution < -0.4 is 11.5 Å². The quantitative estimate of drug-likeness (QED) is 0.561. The van der Waals surface area contributed by atoms with Crippen LogP contribution in [0.4, 0.5) is 20.2 Å². The summed E-state index contributed by atoms with van der Waals surface area (Å²) in [4.78, 5) is 0. The van der Waals surface area contributed by atoms with Gasteiger partial charge in [-0.25, -0.2) is 8.78 Å². The first-order valence-electron chi connectivity index (χ1n) is 3.03. The van der Waals surface area contributed by atoms with Gasteiger partial charge in [0.2, 0.25) is 0 Å². The zero-order valence-electron chi connectivity index (χ0n) is 5.99. The molecule has 0 saturated carbocycles. The van der Waals surface area contributed by atoms with Crippen LogP contribution in [-0.2, 0) is 0 Å². The van der Waals surface area contributed by atoms with Crippen molar-refractivity contribution in [2.24, 2.45) is 0 Å². The van der Waals surface area contributed by atoms with E-state index >= 15 is 0 Å². The van der Waals surface area contributed by atoms with Crippen LogP contribution in [0.1, 0.15) is 5.56 Å². The van der Waals surface area contributed by atoms with Crippen molar-refractivity contribution >= 4 is 11.4 Å². The van der Waals surface area contributed by atoms with Crippen molar-refractivity contribution in [2.45, 2.75) is 6.92 Å². The van der Waals surface area contributed by atoms with Crippen molar-refractivity contribution in [2.75, 3.05) is 11.5 Å². The average molecular weight is 158 g/mol. The predicted molar refractivity (Wildman–Crippen MR) is 39.9 cm³/mol. The molecule has 1 aromatic carbocycles. The molecule has 0 atom stereocenters. The second-order valence-corrected chi connectivity index (χ2v) is 2.30. The minimum atomic E-state index is -0.814. The minimum absolute atomic E-state index is 0.0780. The fourth-order valence-corrected chi connectivity index (χ4v) is 0.756. The molecule has 0 unspecified atom stereocenters. The normalized spacial score (nSPS) is 10.1. The summed E-state index contributed by atoms with van der Waals surface area (Å²) in [5.74, 6) is -1.59. The third-order valence-corrected chi connectivity index (χ3v) is 1.54. The molecule has 0 fully saturated rings. The molecule has 0 amide bonds. The highest BCUT2D eigenvalue weighted by Crippen LogP contribution is 2.23. The van der Waals surface area contributed by atoms with Crippen LogP contribution in [0.15, 0.2) is 6.07 Å². The van der Waals surface area contributed by atoms with Crippen LogP contribution >= 0.6 is 0 Å². The van der Waals surface area contributed by atoms with Gasteiger partial charge in [-0.15, -0.1) is 0 Å². The summed E-state index contributed by atoms with van der Waals surface area (Å²) in [6.07, 6.45) is 0. The molecule has 0 aromatic heterocycles. The molecule has 0 heterocycles. The van der Waals surface area contributed by atoms with Gasteiger partial charge in [-0.3, -0.25) is 0 Å². The molecule has 0 saturated heterocycles. The van der Waals surface area contributed by atoms with Crippen molar-refractivity contribution < 1.29 is 8.78 Å². The number of benzene rings is 1. The number of anilines is 2. The Labute approximate surface area is 62.8 Å². The van der Waals surface area contributed by atoms with Gasteiger partial charge in [0.25, 0.3) is 0 Å². The minimum Gasteiger partial charge on any atom is -0.398 e. The third-order valence-electron chi connectivity index (χ3n) is 1.54. The van der Waals surface area contributed by atoms with E-state index in [2.05, 4.69) is 0 Å². The molecular weight excluding hydrogens is 150 g/mol. The molecule has 0 aliphatic carbocycles. The predicted octanol–water partition coefficient (Wildman–Crippen LogP) is 1.44. The van der Waals surface area contributed by atoms with Crippen molar-refractivity contribution in [3.05, 3.63) is 23.3 Å². The van der Waals surface area contributed by atoms with E-state index in [0.29, 0.717) is 0 Å². The first-order chi connectivity index (χ1) is 5.04. The number of halogens is 2. The van der Waals surface area contributed by atoms with Gasteiger partial charge >= 0.3 is 0 Å². The Morgan fingerprint density at radius 3 is 2.36 bits per heavy atom. The van der Waals surface area contributed by atoms with Gasteiger partial charge in [0.15, 0.2) is 11.6 Å². The highest BCUT2D eigenvalue weighted by Gasteiger charge is 2.10. The Hall–Kier alpha value is -1.32. The summed E-state index contributed by atoms with van der Waals surface area (Å²) < 4.78 is 25.4. The summed E-state index contributed by atoms with van der Waals surface area (Å²) >= 11 is 0. The Balaban J connectivity index is 3.46. The molecule has 0 aliphatic rings. The Kier molecular flexibility index (Phi) is 1.68. The lowest BCUT2D eigenvalue weighted by molar-refractivity contribution is 0.587. The van der Waals surface area contributed by atoms with E-state index in [4.69, 9.17) is 11.5 Å². The largest absolute Gasteiger partial charge is 0.398 e. The maximum atomic E-state index is 12.8. The van der Waals surface area contributed by atoms with Gasteiger partial charge in [0.1, 0.15) is 5.69 Å². The molecule has 4 heteroatoms. The molecule has 2 nitrogen and oxygen atoms in total. The van der Waals surface area contributed by atoms with Crippen molar-refractivity contribution in [1.29, 1.82) is 0 Å². The number of hydrogen-bond acceptors (Lipinski definition) is 2. The number of nitrogen functional groups attached to an aromatic ring is 2. The summed E-state index contributed by atoms with van der Waals surface area (Å²) in [6, 6.07) is 1.01. The van der Waals surface area contributed by atoms with E-state index in [9.17, 15) is 8.78 Å². The third kappa shape index (κ3) is 1.11. The maximum Gasteiger partial charge on any atom is 0.154 e. The van der Waals surface area contributed by atoms with Gasteiger partial charge in [0.05, 0.1) is 0 Å². The van der Waals surface area contributed by atoms with Crippen LogP contribution in [0.3, 0.4) is 0 Å². The molecule has 4 N–H and O–H groups in total. The Morgan fingerprint density at radius 1 is 1.27 bits per heavy atom. The molecule has 1 rings (SSSR count). The molecule has 11 heavy (non-hydrogen) atoms. The van der Waals surface area contributed by atoms with Crippen molar-refractivity contribution in [3.63, 3.8) is 0 Å². The highest BCUT2D eigenvalue weighted by molar-refractivity contribution is 5.56. The van der Waals surface area contributed by atoms with Crippen LogP contribution in [0.25, 0.3) is 0 Å². The zero-order chi connectivity index (χ0) is 8.59. The molecule has 1 aromatic rings. The fourth-order valence-electron chi connectivity index (χ4n) is 0.756. The Morgan fingerprint density at radius 2 is 1.82 bits per heavy atom. The van der Waals surface area contributed by atoms with E-state index < -0.39 is 17.3 Å². The standard InChI is InChI=1S/C7H8F2N2/c1-3-5(10)2-4(8)7(11)6(3)9/h2H,10-11H2,1H3. The smallest absolute Gasteiger partial charge is 0.154 e. The van der Waals surface area contributed by atoms with E-state index in [-0.39, 0.29) is 11.3 Å². The molecular formula is C7H8F2N2. The van der Waals surface area contributed by atoms with Gasteiger partial charge < -0.3 is 11.5 Å². The van der Waals surface area contributed by atoms with E-state index in [1.807, 2.05) is 0 Å². The highest BCUT2D eigenvalue weighted by atomic mass is 19.1. The van der Waals surface area contributed by atoms with Crippen LogP contribution in [0.5, 0.6) is 0 Å². The van der Waals surface area contributed by atoms with Gasteiger partial charge in [-0.1, -0.05) is 0 Å². The molecule has 0 radical (unpaired) electrons. The van der Waals surface area contributed by atoms with Crippen molar-refractivity contribution in [1.82, 2.24) is 0 Å². The lowest BCUT2D eigenvalue weighted by Gasteiger charge is -2.04. The van der Waals surface area contributed by atoms with Crippen LogP contribution in [0, 0.1) is 18.6 Å². The summed E-state index contributed by atoms with van der Waals surface area (Å²) in [5.41, 5.74) is 10.1. The second kappa shape index (κ2) is 2.38. The van der Waals surface area contributed by atoms with E-state index in [1.54, 1.807) is 0 Å². The topological polar surface area (TPSA) is 52.0 Å². The maximum absolute atomic E-state index is 12.8. The monoisotopic (exact) mass is 158 g/mol. The fraction of sp³-hybridized carbons (Fsp3) is 0.143. The lowest BCUT2D eigenvalue weighted by Crippen LogP contribution is -2.01. The van der Waals surface area contributed by atoms with Gasteiger partial charge in [-0.2, -0.15) is 0 Å². The van der Waals surface area contributed by atoms with Crippen LogP contribution in [0.2, 0.25) is 0 Å². The number of rotatable bonds is 0. The zero-order valence-corrected chi connectivity index (χ0v) is 5.99. The Bertz CT molecular complexity index is 271. The van der Waals surface area contributed by atoms with E-state index in [0.717, 1.165) is 6.07 Å². The van der Waals surface area contributed by atoms with Gasteiger partial charge in [-0.05, 0) is 13.0 Å². The molecule has 60 valence electrons. The average Bonchev–Trinajstić information content (AvgIpc) is 1.97. The summed E-state index contributed by atoms with van der Waals surface area (Å²) in [5, 5.41) is 0. The summed E-state index contributed by atoms with van der Waals surface area (Å²) in [7, 11) is 0.